The highest BCUT2D eigenvalue weighted by Gasteiger charge is 2.25. The molecule has 7 rings (SSSR count). The van der Waals surface area contributed by atoms with Crippen LogP contribution < -0.4 is 4.90 Å². The van der Waals surface area contributed by atoms with Crippen molar-refractivity contribution in [1.29, 1.82) is 0 Å². The molecule has 5 nitrogen and oxygen atoms in total. The Balaban J connectivity index is 1.09. The monoisotopic (exact) mass is 497 g/mol. The van der Waals surface area contributed by atoms with E-state index in [0.717, 1.165) is 60.1 Å². The van der Waals surface area contributed by atoms with Crippen LogP contribution >= 0.6 is 0 Å². The number of nitrogens with one attached hydrogen (secondary N) is 1. The summed E-state index contributed by atoms with van der Waals surface area (Å²) in [5.41, 5.74) is 8.16. The Hall–Kier alpha value is -4.22. The van der Waals surface area contributed by atoms with Gasteiger partial charge in [-0.25, -0.2) is 9.98 Å². The molecule has 1 saturated heterocycles. The number of piperidine rings is 1. The number of amidine groups is 1. The lowest BCUT2D eigenvalue weighted by atomic mass is 9.97. The third-order valence-electron chi connectivity index (χ3n) is 7.79. The van der Waals surface area contributed by atoms with Gasteiger partial charge in [0.05, 0.1) is 23.3 Å². The van der Waals surface area contributed by atoms with Crippen LogP contribution in [-0.4, -0.2) is 33.8 Å². The molecule has 38 heavy (non-hydrogen) atoms. The fourth-order valence-electron chi connectivity index (χ4n) is 5.82. The summed E-state index contributed by atoms with van der Waals surface area (Å²) in [6.45, 7) is 3.94. The number of likely N-dealkylation sites (tertiary alicyclic amines) is 1. The summed E-state index contributed by atoms with van der Waals surface area (Å²) in [7, 11) is 0. The number of imidazole rings is 1. The number of anilines is 1. The molecule has 0 bridgehead atoms. The molecule has 0 spiro atoms. The quantitative estimate of drug-likeness (QED) is 0.283. The Bertz CT molecular complexity index is 1550. The van der Waals surface area contributed by atoms with Gasteiger partial charge in [0.2, 0.25) is 0 Å². The van der Waals surface area contributed by atoms with E-state index in [0.29, 0.717) is 5.92 Å². The number of aromatic amines is 1. The molecular formula is C33H31N5. The fourth-order valence-corrected chi connectivity index (χ4v) is 5.82. The topological polar surface area (TPSA) is 47.5 Å². The van der Waals surface area contributed by atoms with E-state index in [2.05, 4.69) is 118 Å². The second-order valence-corrected chi connectivity index (χ2v) is 10.4. The van der Waals surface area contributed by atoms with Crippen molar-refractivity contribution in [3.63, 3.8) is 0 Å². The fraction of sp³-hybridized carbons (Fsp3) is 0.212. The number of H-pyrrole nitrogens is 1. The second-order valence-electron chi connectivity index (χ2n) is 10.4. The van der Waals surface area contributed by atoms with Gasteiger partial charge in [-0.3, -0.25) is 4.90 Å². The van der Waals surface area contributed by atoms with Gasteiger partial charge < -0.3 is 9.88 Å². The minimum Gasteiger partial charge on any atom is -0.342 e. The van der Waals surface area contributed by atoms with Crippen molar-refractivity contribution in [2.45, 2.75) is 31.8 Å². The normalized spacial score (nSPS) is 17.8. The summed E-state index contributed by atoms with van der Waals surface area (Å²) in [4.78, 5) is 18.4. The van der Waals surface area contributed by atoms with Crippen LogP contribution in [0.5, 0.6) is 0 Å². The van der Waals surface area contributed by atoms with E-state index in [1.807, 2.05) is 0 Å². The van der Waals surface area contributed by atoms with E-state index in [4.69, 9.17) is 9.98 Å². The number of rotatable bonds is 5. The third kappa shape index (κ3) is 4.50. The average molecular weight is 498 g/mol. The number of benzene rings is 4. The maximum absolute atomic E-state index is 5.07. The van der Waals surface area contributed by atoms with Crippen LogP contribution in [0.2, 0.25) is 0 Å². The van der Waals surface area contributed by atoms with Crippen molar-refractivity contribution in [3.8, 4) is 0 Å². The molecule has 0 radical (unpaired) electrons. The number of hydrogen-bond donors (Lipinski definition) is 1. The molecule has 1 unspecified atom stereocenters. The molecule has 3 heterocycles. The van der Waals surface area contributed by atoms with Gasteiger partial charge in [0.1, 0.15) is 11.7 Å². The van der Waals surface area contributed by atoms with Gasteiger partial charge in [0.15, 0.2) is 0 Å². The maximum atomic E-state index is 5.07. The number of nitrogens with zero attached hydrogens (tertiary/aromatic N) is 4. The highest BCUT2D eigenvalue weighted by Crippen LogP contribution is 2.32. The zero-order valence-corrected chi connectivity index (χ0v) is 21.4. The number of para-hydroxylation sites is 3. The molecule has 5 aromatic rings. The van der Waals surface area contributed by atoms with Gasteiger partial charge in [-0.1, -0.05) is 72.8 Å². The predicted octanol–water partition coefficient (Wildman–Crippen LogP) is 7.04. The van der Waals surface area contributed by atoms with Crippen molar-refractivity contribution in [1.82, 2.24) is 14.9 Å². The van der Waals surface area contributed by atoms with Crippen molar-refractivity contribution in [2.24, 2.45) is 4.99 Å². The van der Waals surface area contributed by atoms with Gasteiger partial charge in [0, 0.05) is 30.3 Å². The Morgan fingerprint density at radius 3 is 2.47 bits per heavy atom. The molecule has 1 atom stereocenters. The third-order valence-corrected chi connectivity index (χ3v) is 7.79. The summed E-state index contributed by atoms with van der Waals surface area (Å²) >= 11 is 0. The lowest BCUT2D eigenvalue weighted by Gasteiger charge is -2.32. The Kier molecular flexibility index (Phi) is 5.99. The van der Waals surface area contributed by atoms with E-state index in [-0.39, 0.29) is 0 Å². The standard InChI is InChI=1S/C33H31N5/c1-2-9-25(10-3-1)33-36-29-13-5-4-11-26(29)23-38(33)28-18-16-24(17-19-28)21-37-20-8-12-27(22-37)32-34-30-14-6-7-15-31(30)35-32/h1-7,9-11,13-19,27H,8,12,20-23H2,(H,34,35). The molecule has 5 heteroatoms. The maximum Gasteiger partial charge on any atom is 0.141 e. The molecule has 1 N–H and O–H groups in total. The number of fused-ring (bicyclic) bond motifs is 2. The smallest absolute Gasteiger partial charge is 0.141 e. The SMILES string of the molecule is c1ccc(C2=Nc3ccccc3CN2c2ccc(CN3CCCC(c4nc5ccccc5[nH]4)C3)cc2)cc1. The van der Waals surface area contributed by atoms with Gasteiger partial charge in [0.25, 0.3) is 0 Å². The van der Waals surface area contributed by atoms with Crippen molar-refractivity contribution in [3.05, 3.63) is 126 Å². The number of aromatic nitrogens is 2. The van der Waals surface area contributed by atoms with E-state index < -0.39 is 0 Å². The van der Waals surface area contributed by atoms with Crippen LogP contribution in [0.4, 0.5) is 11.4 Å². The lowest BCUT2D eigenvalue weighted by Crippen LogP contribution is -2.34. The van der Waals surface area contributed by atoms with Crippen molar-refractivity contribution >= 4 is 28.2 Å². The zero-order valence-electron chi connectivity index (χ0n) is 21.4. The van der Waals surface area contributed by atoms with Crippen LogP contribution in [0.3, 0.4) is 0 Å². The zero-order chi connectivity index (χ0) is 25.3. The lowest BCUT2D eigenvalue weighted by molar-refractivity contribution is 0.197. The highest BCUT2D eigenvalue weighted by molar-refractivity contribution is 6.12. The predicted molar refractivity (Wildman–Crippen MR) is 155 cm³/mol. The first-order valence-electron chi connectivity index (χ1n) is 13.6. The molecule has 2 aliphatic heterocycles. The van der Waals surface area contributed by atoms with Gasteiger partial charge in [-0.05, 0) is 60.8 Å². The van der Waals surface area contributed by atoms with Crippen molar-refractivity contribution in [2.75, 3.05) is 18.0 Å². The van der Waals surface area contributed by atoms with E-state index >= 15 is 0 Å². The van der Waals surface area contributed by atoms with E-state index in [1.165, 1.54) is 29.7 Å². The van der Waals surface area contributed by atoms with Gasteiger partial charge >= 0.3 is 0 Å². The number of hydrogen-bond acceptors (Lipinski definition) is 4. The minimum atomic E-state index is 0.452. The van der Waals surface area contributed by atoms with Crippen molar-refractivity contribution < 1.29 is 0 Å². The number of aliphatic imine (C=N–C) groups is 1. The van der Waals surface area contributed by atoms with E-state index in [1.54, 1.807) is 0 Å². The van der Waals surface area contributed by atoms with E-state index in [9.17, 15) is 0 Å². The summed E-state index contributed by atoms with van der Waals surface area (Å²) in [6, 6.07) is 36.3. The van der Waals surface area contributed by atoms with Crippen LogP contribution in [-0.2, 0) is 13.1 Å². The second kappa shape index (κ2) is 9.92. The Morgan fingerprint density at radius 2 is 1.61 bits per heavy atom. The van der Waals surface area contributed by atoms with Crippen LogP contribution in [0.1, 0.15) is 41.3 Å². The molecule has 1 aromatic heterocycles. The largest absolute Gasteiger partial charge is 0.342 e. The molecule has 0 saturated carbocycles. The molecule has 4 aromatic carbocycles. The van der Waals surface area contributed by atoms with Crippen LogP contribution in [0.15, 0.2) is 108 Å². The highest BCUT2D eigenvalue weighted by atomic mass is 15.2. The minimum absolute atomic E-state index is 0.452. The van der Waals surface area contributed by atoms with Crippen LogP contribution in [0.25, 0.3) is 11.0 Å². The molecule has 0 amide bonds. The Morgan fingerprint density at radius 1 is 0.816 bits per heavy atom. The molecule has 1 fully saturated rings. The Labute approximate surface area is 223 Å². The summed E-state index contributed by atoms with van der Waals surface area (Å²) in [5.74, 6) is 2.58. The van der Waals surface area contributed by atoms with Crippen LogP contribution in [0, 0.1) is 0 Å². The summed E-state index contributed by atoms with van der Waals surface area (Å²) in [5, 5.41) is 0. The molecule has 2 aliphatic rings. The summed E-state index contributed by atoms with van der Waals surface area (Å²) in [6.07, 6.45) is 2.39. The summed E-state index contributed by atoms with van der Waals surface area (Å²) < 4.78 is 0. The molecule has 0 aliphatic carbocycles. The average Bonchev–Trinajstić information content (AvgIpc) is 3.42. The van der Waals surface area contributed by atoms with Gasteiger partial charge in [-0.2, -0.15) is 0 Å². The molecule has 188 valence electrons. The molecular weight excluding hydrogens is 466 g/mol. The first-order valence-corrected chi connectivity index (χ1v) is 13.6. The first-order chi connectivity index (χ1) is 18.8. The first kappa shape index (κ1) is 22.9. The van der Waals surface area contributed by atoms with Gasteiger partial charge in [-0.15, -0.1) is 0 Å².